The van der Waals surface area contributed by atoms with E-state index in [1.807, 2.05) is 35.2 Å². The van der Waals surface area contributed by atoms with Gasteiger partial charge in [-0.3, -0.25) is 29.0 Å². The van der Waals surface area contributed by atoms with E-state index < -0.39 is 23.8 Å². The molecule has 0 bridgehead atoms. The van der Waals surface area contributed by atoms with E-state index >= 15 is 0 Å². The van der Waals surface area contributed by atoms with Gasteiger partial charge >= 0.3 is 0 Å². The molecule has 150 valence electrons. The van der Waals surface area contributed by atoms with Gasteiger partial charge in [0.25, 0.3) is 11.8 Å². The van der Waals surface area contributed by atoms with E-state index in [4.69, 9.17) is 10.5 Å². The number of piperazine rings is 1. The fourth-order valence-corrected chi connectivity index (χ4v) is 3.46. The van der Waals surface area contributed by atoms with Gasteiger partial charge in [0.1, 0.15) is 19.3 Å². The number of hydrogen-bond acceptors (Lipinski definition) is 6. The summed E-state index contributed by atoms with van der Waals surface area (Å²) in [5.74, 6) is -1.57. The molecule has 0 aliphatic carbocycles. The van der Waals surface area contributed by atoms with E-state index in [0.29, 0.717) is 19.6 Å². The molecule has 0 spiro atoms. The molecule has 2 heterocycles. The molecule has 1 atom stereocenters. The molecule has 0 aromatic heterocycles. The molecule has 9 nitrogen and oxygen atoms in total. The molecular formula is C19H24N4O5. The summed E-state index contributed by atoms with van der Waals surface area (Å²) in [4.78, 5) is 52.6. The Hall–Kier alpha value is -2.78. The third kappa shape index (κ3) is 4.73. The highest BCUT2D eigenvalue weighted by molar-refractivity contribution is 5.98. The van der Waals surface area contributed by atoms with Crippen LogP contribution in [0.1, 0.15) is 12.0 Å². The second kappa shape index (κ2) is 8.94. The van der Waals surface area contributed by atoms with Crippen LogP contribution in [-0.4, -0.2) is 83.8 Å². The molecule has 2 fully saturated rings. The molecule has 9 heteroatoms. The minimum Gasteiger partial charge on any atom is -0.368 e. The van der Waals surface area contributed by atoms with Crippen LogP contribution < -0.4 is 5.73 Å². The van der Waals surface area contributed by atoms with Crippen LogP contribution in [0.2, 0.25) is 0 Å². The molecule has 4 amide bonds. The predicted octanol–water partition coefficient (Wildman–Crippen LogP) is -1.04. The highest BCUT2D eigenvalue weighted by Crippen LogP contribution is 2.15. The van der Waals surface area contributed by atoms with Crippen molar-refractivity contribution in [2.24, 2.45) is 5.73 Å². The number of nitrogens with zero attached hydrogens (tertiary/aromatic N) is 3. The van der Waals surface area contributed by atoms with E-state index in [1.165, 1.54) is 0 Å². The molecular weight excluding hydrogens is 364 g/mol. The number of morpholine rings is 1. The highest BCUT2D eigenvalue weighted by atomic mass is 16.5. The van der Waals surface area contributed by atoms with Gasteiger partial charge in [0, 0.05) is 39.1 Å². The molecule has 0 unspecified atom stereocenters. The molecule has 3 rings (SSSR count). The summed E-state index contributed by atoms with van der Waals surface area (Å²) in [7, 11) is 0. The van der Waals surface area contributed by atoms with E-state index in [1.54, 1.807) is 4.90 Å². The third-order valence-corrected chi connectivity index (χ3v) is 5.00. The summed E-state index contributed by atoms with van der Waals surface area (Å²) in [5, 5.41) is 0. The quantitative estimate of drug-likeness (QED) is 0.623. The van der Waals surface area contributed by atoms with E-state index in [9.17, 15) is 19.2 Å². The van der Waals surface area contributed by atoms with Crippen LogP contribution in [0.25, 0.3) is 0 Å². The zero-order valence-corrected chi connectivity index (χ0v) is 15.6. The first-order chi connectivity index (χ1) is 13.5. The second-order valence-corrected chi connectivity index (χ2v) is 6.90. The zero-order valence-electron chi connectivity index (χ0n) is 15.6. The highest BCUT2D eigenvalue weighted by Gasteiger charge is 2.34. The summed E-state index contributed by atoms with van der Waals surface area (Å²) in [6.07, 6.45) is 0.0155. The standard InChI is InChI=1S/C19H24N4O5/c20-19(27)15-11-22(9-8-21(15)10-14-4-2-1-3-5-14)16(24)6-7-23-17(25)12-28-13-18(23)26/h1-5,15H,6-13H2,(H2,20,27)/t15-/m0/s1. The molecule has 2 N–H and O–H groups in total. The number of amides is 4. The maximum atomic E-state index is 12.6. The predicted molar refractivity (Wildman–Crippen MR) is 98.6 cm³/mol. The fourth-order valence-electron chi connectivity index (χ4n) is 3.46. The van der Waals surface area contributed by atoms with Crippen molar-refractivity contribution < 1.29 is 23.9 Å². The largest absolute Gasteiger partial charge is 0.368 e. The number of ether oxygens (including phenoxy) is 1. The Morgan fingerprint density at radius 2 is 1.75 bits per heavy atom. The van der Waals surface area contributed by atoms with Crippen LogP contribution in [0.4, 0.5) is 0 Å². The van der Waals surface area contributed by atoms with Crippen LogP contribution in [0.15, 0.2) is 30.3 Å². The number of hydrogen-bond donors (Lipinski definition) is 1. The second-order valence-electron chi connectivity index (χ2n) is 6.90. The first-order valence-electron chi connectivity index (χ1n) is 9.21. The Morgan fingerprint density at radius 1 is 1.07 bits per heavy atom. The van der Waals surface area contributed by atoms with Crippen molar-refractivity contribution in [3.05, 3.63) is 35.9 Å². The number of benzene rings is 1. The minimum absolute atomic E-state index is 0.0155. The van der Waals surface area contributed by atoms with Gasteiger partial charge in [-0.15, -0.1) is 0 Å². The van der Waals surface area contributed by atoms with E-state index in [0.717, 1.165) is 10.5 Å². The van der Waals surface area contributed by atoms with Crippen molar-refractivity contribution >= 4 is 23.6 Å². The lowest BCUT2D eigenvalue weighted by atomic mass is 10.1. The monoisotopic (exact) mass is 388 g/mol. The van der Waals surface area contributed by atoms with Gasteiger partial charge in [-0.05, 0) is 5.56 Å². The lowest BCUT2D eigenvalue weighted by molar-refractivity contribution is -0.158. The van der Waals surface area contributed by atoms with Crippen LogP contribution in [-0.2, 0) is 30.5 Å². The molecule has 1 aromatic carbocycles. The molecule has 28 heavy (non-hydrogen) atoms. The SMILES string of the molecule is NC(=O)[C@@H]1CN(C(=O)CCN2C(=O)COCC2=O)CCN1Cc1ccccc1. The number of carbonyl (C=O) groups excluding carboxylic acids is 4. The van der Waals surface area contributed by atoms with Gasteiger partial charge in [-0.25, -0.2) is 0 Å². The molecule has 1 aromatic rings. The number of imide groups is 1. The van der Waals surface area contributed by atoms with Crippen molar-refractivity contribution in [1.82, 2.24) is 14.7 Å². The van der Waals surface area contributed by atoms with Crippen LogP contribution in [0.3, 0.4) is 0 Å². The lowest BCUT2D eigenvalue weighted by Gasteiger charge is -2.40. The number of nitrogens with two attached hydrogens (primary N) is 1. The molecule has 0 saturated carbocycles. The van der Waals surface area contributed by atoms with Gasteiger partial charge < -0.3 is 15.4 Å². The van der Waals surface area contributed by atoms with Gasteiger partial charge in [-0.2, -0.15) is 0 Å². The fraction of sp³-hybridized carbons (Fsp3) is 0.474. The lowest BCUT2D eigenvalue weighted by Crippen LogP contribution is -2.59. The summed E-state index contributed by atoms with van der Waals surface area (Å²) in [6, 6.07) is 9.17. The molecule has 2 aliphatic rings. The summed E-state index contributed by atoms with van der Waals surface area (Å²) in [5.41, 5.74) is 6.64. The van der Waals surface area contributed by atoms with Crippen molar-refractivity contribution in [1.29, 1.82) is 0 Å². The maximum absolute atomic E-state index is 12.6. The van der Waals surface area contributed by atoms with Crippen LogP contribution >= 0.6 is 0 Å². The number of rotatable bonds is 6. The Labute approximate surface area is 163 Å². The number of primary amides is 1. The third-order valence-electron chi connectivity index (χ3n) is 5.00. The van der Waals surface area contributed by atoms with Gasteiger partial charge in [0.15, 0.2) is 0 Å². The average Bonchev–Trinajstić information content (AvgIpc) is 2.68. The van der Waals surface area contributed by atoms with Gasteiger partial charge in [0.2, 0.25) is 11.8 Å². The Balaban J connectivity index is 1.57. The van der Waals surface area contributed by atoms with Gasteiger partial charge in [0.05, 0.1) is 0 Å². The van der Waals surface area contributed by atoms with E-state index in [2.05, 4.69) is 0 Å². The van der Waals surface area contributed by atoms with Crippen LogP contribution in [0, 0.1) is 0 Å². The van der Waals surface area contributed by atoms with E-state index in [-0.39, 0.29) is 38.6 Å². The first-order valence-corrected chi connectivity index (χ1v) is 9.21. The summed E-state index contributed by atoms with van der Waals surface area (Å²) < 4.78 is 4.86. The maximum Gasteiger partial charge on any atom is 0.255 e. The number of carbonyl (C=O) groups is 4. The van der Waals surface area contributed by atoms with Gasteiger partial charge in [-0.1, -0.05) is 30.3 Å². The first kappa shape index (κ1) is 20.0. The van der Waals surface area contributed by atoms with Crippen LogP contribution in [0.5, 0.6) is 0 Å². The van der Waals surface area contributed by atoms with Crippen molar-refractivity contribution in [3.63, 3.8) is 0 Å². The van der Waals surface area contributed by atoms with Crippen molar-refractivity contribution in [2.75, 3.05) is 39.4 Å². The summed E-state index contributed by atoms with van der Waals surface area (Å²) in [6.45, 7) is 1.47. The smallest absolute Gasteiger partial charge is 0.255 e. The molecule has 2 saturated heterocycles. The molecule has 2 aliphatic heterocycles. The Bertz CT molecular complexity index is 738. The van der Waals surface area contributed by atoms with Crippen molar-refractivity contribution in [3.8, 4) is 0 Å². The normalized spacial score (nSPS) is 21.1. The Kier molecular flexibility index (Phi) is 6.37. The zero-order chi connectivity index (χ0) is 20.1. The minimum atomic E-state index is -0.579. The topological polar surface area (TPSA) is 113 Å². The summed E-state index contributed by atoms with van der Waals surface area (Å²) >= 11 is 0. The Morgan fingerprint density at radius 3 is 2.39 bits per heavy atom. The average molecular weight is 388 g/mol. The molecule has 0 radical (unpaired) electrons. The van der Waals surface area contributed by atoms with Crippen molar-refractivity contribution in [2.45, 2.75) is 19.0 Å².